The number of nitrogens with zero attached hydrogens (tertiary/aromatic N) is 1. The molecule has 2 heteroatoms. The molecule has 1 unspecified atom stereocenters. The van der Waals surface area contributed by atoms with E-state index in [0.29, 0.717) is 5.92 Å². The average molecular weight is 278 g/mol. The monoisotopic (exact) mass is 277 g/mol. The number of allylic oxidation sites excluding steroid dienone is 1. The van der Waals surface area contributed by atoms with Crippen LogP contribution in [-0.2, 0) is 5.41 Å². The van der Waals surface area contributed by atoms with Crippen molar-refractivity contribution in [2.45, 2.75) is 39.0 Å². The lowest BCUT2D eigenvalue weighted by Crippen LogP contribution is -2.28. The topological polar surface area (TPSA) is 3.24 Å². The summed E-state index contributed by atoms with van der Waals surface area (Å²) in [5.74, 6) is 0.676. The zero-order chi connectivity index (χ0) is 14.0. The standard InChI is InChI=1S/C17H24ClN/c1-13(2)11-14(3)19-10-9-17(4,12-19)15-5-7-16(18)8-6-15/h5-8,13H,3,9-12H2,1-2,4H3. The van der Waals surface area contributed by atoms with Gasteiger partial charge in [-0.25, -0.2) is 0 Å². The van der Waals surface area contributed by atoms with E-state index in [4.69, 9.17) is 11.6 Å². The van der Waals surface area contributed by atoms with Crippen LogP contribution in [0.5, 0.6) is 0 Å². The summed E-state index contributed by atoms with van der Waals surface area (Å²) in [6.07, 6.45) is 2.28. The molecule has 1 nitrogen and oxygen atoms in total. The van der Waals surface area contributed by atoms with Crippen molar-refractivity contribution in [1.82, 2.24) is 4.90 Å². The Kier molecular flexibility index (Phi) is 4.25. The van der Waals surface area contributed by atoms with E-state index >= 15 is 0 Å². The molecule has 0 radical (unpaired) electrons. The van der Waals surface area contributed by atoms with Crippen molar-refractivity contribution in [2.75, 3.05) is 13.1 Å². The molecule has 0 amide bonds. The summed E-state index contributed by atoms with van der Waals surface area (Å²) in [7, 11) is 0. The van der Waals surface area contributed by atoms with Gasteiger partial charge in [-0.15, -0.1) is 0 Å². The molecular formula is C17H24ClN. The Labute approximate surface area is 122 Å². The van der Waals surface area contributed by atoms with Gasteiger partial charge in [0, 0.05) is 29.2 Å². The minimum Gasteiger partial charge on any atom is -0.374 e. The van der Waals surface area contributed by atoms with E-state index in [0.717, 1.165) is 24.5 Å². The second-order valence-electron chi connectivity index (χ2n) is 6.40. The molecule has 0 aromatic heterocycles. The molecule has 0 aliphatic carbocycles. The van der Waals surface area contributed by atoms with E-state index in [-0.39, 0.29) is 5.41 Å². The summed E-state index contributed by atoms with van der Waals surface area (Å²) in [4.78, 5) is 2.45. The van der Waals surface area contributed by atoms with Gasteiger partial charge in [-0.05, 0) is 36.5 Å². The Hall–Kier alpha value is -0.950. The van der Waals surface area contributed by atoms with Gasteiger partial charge in [0.05, 0.1) is 0 Å². The fraction of sp³-hybridized carbons (Fsp3) is 0.529. The summed E-state index contributed by atoms with van der Waals surface area (Å²) in [6, 6.07) is 8.32. The van der Waals surface area contributed by atoms with E-state index in [9.17, 15) is 0 Å². The molecule has 1 fully saturated rings. The maximum Gasteiger partial charge on any atom is 0.0406 e. The number of likely N-dealkylation sites (tertiary alicyclic amines) is 1. The van der Waals surface area contributed by atoms with Crippen LogP contribution in [-0.4, -0.2) is 18.0 Å². The largest absolute Gasteiger partial charge is 0.374 e. The second kappa shape index (κ2) is 5.58. The Morgan fingerprint density at radius 3 is 2.58 bits per heavy atom. The van der Waals surface area contributed by atoms with Crippen molar-refractivity contribution < 1.29 is 0 Å². The molecule has 2 rings (SSSR count). The fourth-order valence-corrected chi connectivity index (χ4v) is 3.05. The zero-order valence-electron chi connectivity index (χ0n) is 12.2. The number of hydrogen-bond acceptors (Lipinski definition) is 1. The summed E-state index contributed by atoms with van der Waals surface area (Å²) < 4.78 is 0. The quantitative estimate of drug-likeness (QED) is 0.759. The van der Waals surface area contributed by atoms with E-state index in [1.807, 2.05) is 12.1 Å². The van der Waals surface area contributed by atoms with Crippen LogP contribution in [0.25, 0.3) is 0 Å². The highest BCUT2D eigenvalue weighted by Crippen LogP contribution is 2.36. The van der Waals surface area contributed by atoms with Gasteiger partial charge < -0.3 is 4.90 Å². The van der Waals surface area contributed by atoms with Crippen LogP contribution in [0.3, 0.4) is 0 Å². The molecule has 1 heterocycles. The molecule has 0 bridgehead atoms. The van der Waals surface area contributed by atoms with Gasteiger partial charge in [-0.2, -0.15) is 0 Å². The lowest BCUT2D eigenvalue weighted by atomic mass is 9.82. The number of hydrogen-bond donors (Lipinski definition) is 0. The van der Waals surface area contributed by atoms with Crippen molar-refractivity contribution in [3.8, 4) is 0 Å². The third-order valence-electron chi connectivity index (χ3n) is 4.11. The van der Waals surface area contributed by atoms with Crippen molar-refractivity contribution in [3.63, 3.8) is 0 Å². The molecule has 1 aromatic carbocycles. The van der Waals surface area contributed by atoms with Gasteiger partial charge in [0.2, 0.25) is 0 Å². The summed E-state index contributed by atoms with van der Waals surface area (Å²) in [6.45, 7) is 13.3. The molecule has 0 spiro atoms. The highest BCUT2D eigenvalue weighted by molar-refractivity contribution is 6.30. The Balaban J connectivity index is 2.07. The van der Waals surface area contributed by atoms with Crippen LogP contribution in [0.1, 0.15) is 39.2 Å². The lowest BCUT2D eigenvalue weighted by molar-refractivity contribution is 0.364. The van der Waals surface area contributed by atoms with Crippen LogP contribution in [0.4, 0.5) is 0 Å². The van der Waals surface area contributed by atoms with Crippen molar-refractivity contribution in [2.24, 2.45) is 5.92 Å². The first kappa shape index (κ1) is 14.5. The molecule has 1 aliphatic heterocycles. The Morgan fingerprint density at radius 2 is 2.00 bits per heavy atom. The molecule has 19 heavy (non-hydrogen) atoms. The molecular weight excluding hydrogens is 254 g/mol. The van der Waals surface area contributed by atoms with Gasteiger partial charge in [0.25, 0.3) is 0 Å². The van der Waals surface area contributed by atoms with Gasteiger partial charge in [-0.3, -0.25) is 0 Å². The van der Waals surface area contributed by atoms with E-state index in [1.165, 1.54) is 17.7 Å². The molecule has 1 atom stereocenters. The first-order chi connectivity index (χ1) is 8.90. The second-order valence-corrected chi connectivity index (χ2v) is 6.84. The smallest absolute Gasteiger partial charge is 0.0406 e. The SMILES string of the molecule is C=C(CC(C)C)N1CCC(C)(c2ccc(Cl)cc2)C1. The van der Waals surface area contributed by atoms with Gasteiger partial charge >= 0.3 is 0 Å². The molecule has 104 valence electrons. The Bertz CT molecular complexity index is 449. The van der Waals surface area contributed by atoms with Crippen LogP contribution in [0, 0.1) is 5.92 Å². The van der Waals surface area contributed by atoms with Crippen LogP contribution in [0.2, 0.25) is 5.02 Å². The maximum atomic E-state index is 5.98. The average Bonchev–Trinajstić information content (AvgIpc) is 2.73. The van der Waals surface area contributed by atoms with Gasteiger partial charge in [-0.1, -0.05) is 51.1 Å². The normalized spacial score (nSPS) is 23.1. The number of benzene rings is 1. The summed E-state index contributed by atoms with van der Waals surface area (Å²) >= 11 is 5.98. The van der Waals surface area contributed by atoms with Crippen LogP contribution in [0.15, 0.2) is 36.5 Å². The minimum absolute atomic E-state index is 0.227. The van der Waals surface area contributed by atoms with Crippen molar-refractivity contribution in [3.05, 3.63) is 47.1 Å². The van der Waals surface area contributed by atoms with E-state index < -0.39 is 0 Å². The van der Waals surface area contributed by atoms with E-state index in [2.05, 4.69) is 44.4 Å². The highest BCUT2D eigenvalue weighted by Gasteiger charge is 2.35. The van der Waals surface area contributed by atoms with Crippen LogP contribution >= 0.6 is 11.6 Å². The molecule has 0 saturated carbocycles. The zero-order valence-corrected chi connectivity index (χ0v) is 13.0. The van der Waals surface area contributed by atoms with Crippen molar-refractivity contribution in [1.29, 1.82) is 0 Å². The first-order valence-corrected chi connectivity index (χ1v) is 7.47. The van der Waals surface area contributed by atoms with Crippen LogP contribution < -0.4 is 0 Å². The lowest BCUT2D eigenvalue weighted by Gasteiger charge is -2.27. The molecule has 0 N–H and O–H groups in total. The first-order valence-electron chi connectivity index (χ1n) is 7.09. The summed E-state index contributed by atoms with van der Waals surface area (Å²) in [5.41, 5.74) is 2.90. The van der Waals surface area contributed by atoms with Gasteiger partial charge in [0.1, 0.15) is 0 Å². The highest BCUT2D eigenvalue weighted by atomic mass is 35.5. The predicted octanol–water partition coefficient (Wildman–Crippen LogP) is 4.86. The van der Waals surface area contributed by atoms with E-state index in [1.54, 1.807) is 0 Å². The Morgan fingerprint density at radius 1 is 1.37 bits per heavy atom. The third-order valence-corrected chi connectivity index (χ3v) is 4.36. The molecule has 1 saturated heterocycles. The molecule has 1 aromatic rings. The summed E-state index contributed by atoms with van der Waals surface area (Å²) in [5, 5.41) is 0.812. The minimum atomic E-state index is 0.227. The van der Waals surface area contributed by atoms with Crippen molar-refractivity contribution >= 4 is 11.6 Å². The number of rotatable bonds is 4. The maximum absolute atomic E-state index is 5.98. The number of halogens is 1. The fourth-order valence-electron chi connectivity index (χ4n) is 2.92. The third kappa shape index (κ3) is 3.33. The predicted molar refractivity (Wildman–Crippen MR) is 83.6 cm³/mol. The molecule has 1 aliphatic rings. The van der Waals surface area contributed by atoms with Gasteiger partial charge in [0.15, 0.2) is 0 Å².